The fourth-order valence-corrected chi connectivity index (χ4v) is 3.81. The van der Waals surface area contributed by atoms with Gasteiger partial charge in [-0.25, -0.2) is 4.98 Å². The highest BCUT2D eigenvalue weighted by Gasteiger charge is 2.20. The van der Waals surface area contributed by atoms with E-state index in [-0.39, 0.29) is 5.91 Å². The normalized spacial score (nSPS) is 11.4. The van der Waals surface area contributed by atoms with Crippen LogP contribution in [0.4, 0.5) is 5.13 Å². The Morgan fingerprint density at radius 1 is 1.38 bits per heavy atom. The number of halogens is 2. The lowest BCUT2D eigenvalue weighted by atomic mass is 10.1. The van der Waals surface area contributed by atoms with Crippen LogP contribution in [-0.2, 0) is 6.42 Å². The summed E-state index contributed by atoms with van der Waals surface area (Å²) in [5.74, 6) is 0.150. The van der Waals surface area contributed by atoms with Crippen molar-refractivity contribution < 1.29 is 4.79 Å². The molecule has 0 saturated heterocycles. The Bertz CT molecular complexity index is 918. The highest BCUT2D eigenvalue weighted by atomic mass is 35.5. The molecule has 0 spiro atoms. The number of rotatable bonds is 4. The van der Waals surface area contributed by atoms with Crippen molar-refractivity contribution in [3.63, 3.8) is 0 Å². The smallest absolute Gasteiger partial charge is 0.276 e. The zero-order chi connectivity index (χ0) is 17.4. The Balaban J connectivity index is 1.91. The van der Waals surface area contributed by atoms with E-state index >= 15 is 0 Å². The lowest BCUT2D eigenvalue weighted by Gasteiger charge is -2.04. The van der Waals surface area contributed by atoms with Crippen molar-refractivity contribution in [2.24, 2.45) is 5.92 Å². The third kappa shape index (κ3) is 3.38. The average Bonchev–Trinajstić information content (AvgIpc) is 3.02. The molecule has 3 aromatic heterocycles. The summed E-state index contributed by atoms with van der Waals surface area (Å²) < 4.78 is 1.59. The molecule has 0 aliphatic heterocycles. The summed E-state index contributed by atoms with van der Waals surface area (Å²) in [6, 6.07) is 1.59. The molecule has 6 nitrogen and oxygen atoms in total. The maximum absolute atomic E-state index is 12.6. The van der Waals surface area contributed by atoms with Gasteiger partial charge in [-0.05, 0) is 18.9 Å². The zero-order valence-electron chi connectivity index (χ0n) is 13.3. The number of nitrogens with zero attached hydrogens (tertiary/aromatic N) is 4. The number of imidazole rings is 1. The largest absolute Gasteiger partial charge is 0.295 e. The predicted octanol–water partition coefficient (Wildman–Crippen LogP) is 4.25. The Labute approximate surface area is 152 Å². The van der Waals surface area contributed by atoms with Crippen molar-refractivity contribution in [1.82, 2.24) is 19.6 Å². The molecule has 0 bridgehead atoms. The average molecular weight is 384 g/mol. The van der Waals surface area contributed by atoms with E-state index in [1.54, 1.807) is 23.6 Å². The summed E-state index contributed by atoms with van der Waals surface area (Å²) in [4.78, 5) is 17.0. The molecular formula is C15H15Cl2N5OS. The number of hydrogen-bond acceptors (Lipinski definition) is 5. The van der Waals surface area contributed by atoms with Crippen LogP contribution >= 0.6 is 34.5 Å². The monoisotopic (exact) mass is 383 g/mol. The van der Waals surface area contributed by atoms with Crippen LogP contribution in [0.1, 0.15) is 35.0 Å². The molecule has 1 amide bonds. The van der Waals surface area contributed by atoms with Crippen LogP contribution in [-0.4, -0.2) is 25.5 Å². The third-order valence-electron chi connectivity index (χ3n) is 3.30. The molecule has 0 atom stereocenters. The minimum Gasteiger partial charge on any atom is -0.295 e. The molecule has 24 heavy (non-hydrogen) atoms. The second-order valence-corrected chi connectivity index (χ2v) is 7.70. The molecule has 126 valence electrons. The Morgan fingerprint density at radius 3 is 2.83 bits per heavy atom. The summed E-state index contributed by atoms with van der Waals surface area (Å²) in [6.45, 7) is 5.96. The maximum Gasteiger partial charge on any atom is 0.276 e. The van der Waals surface area contributed by atoms with Crippen LogP contribution in [0.3, 0.4) is 0 Å². The van der Waals surface area contributed by atoms with E-state index in [1.165, 1.54) is 11.3 Å². The van der Waals surface area contributed by atoms with Crippen LogP contribution in [0.5, 0.6) is 0 Å². The number of amides is 1. The summed E-state index contributed by atoms with van der Waals surface area (Å²) in [6.07, 6.45) is 2.44. The van der Waals surface area contributed by atoms with Gasteiger partial charge in [-0.2, -0.15) is 0 Å². The highest BCUT2D eigenvalue weighted by molar-refractivity contribution is 7.15. The SMILES string of the molecule is Cc1nc2c(Cl)cc(Cl)cn2c1C(=O)Nc1nnc(CC(C)C)s1. The lowest BCUT2D eigenvalue weighted by molar-refractivity contribution is 0.102. The summed E-state index contributed by atoms with van der Waals surface area (Å²) in [7, 11) is 0. The third-order valence-corrected chi connectivity index (χ3v) is 4.65. The highest BCUT2D eigenvalue weighted by Crippen LogP contribution is 2.25. The first-order valence-corrected chi connectivity index (χ1v) is 8.90. The molecular weight excluding hydrogens is 369 g/mol. The van der Waals surface area contributed by atoms with Crippen molar-refractivity contribution in [1.29, 1.82) is 0 Å². The van der Waals surface area contributed by atoms with Gasteiger partial charge in [-0.15, -0.1) is 10.2 Å². The van der Waals surface area contributed by atoms with E-state index in [2.05, 4.69) is 34.3 Å². The lowest BCUT2D eigenvalue weighted by Crippen LogP contribution is -2.15. The van der Waals surface area contributed by atoms with Crippen LogP contribution in [0.25, 0.3) is 5.65 Å². The fourth-order valence-electron chi connectivity index (χ4n) is 2.35. The molecule has 0 aliphatic carbocycles. The van der Waals surface area contributed by atoms with Gasteiger partial charge in [0.2, 0.25) is 5.13 Å². The topological polar surface area (TPSA) is 72.2 Å². The van der Waals surface area contributed by atoms with E-state index in [4.69, 9.17) is 23.2 Å². The maximum atomic E-state index is 12.6. The Kier molecular flexibility index (Phi) is 4.76. The van der Waals surface area contributed by atoms with Crippen LogP contribution in [0.2, 0.25) is 10.0 Å². The van der Waals surface area contributed by atoms with Gasteiger partial charge < -0.3 is 0 Å². The molecule has 0 unspecified atom stereocenters. The number of aromatic nitrogens is 4. The molecule has 3 heterocycles. The van der Waals surface area contributed by atoms with Gasteiger partial charge in [0.25, 0.3) is 5.91 Å². The number of anilines is 1. The van der Waals surface area contributed by atoms with E-state index in [0.717, 1.165) is 11.4 Å². The number of pyridine rings is 1. The van der Waals surface area contributed by atoms with E-state index in [9.17, 15) is 4.79 Å². The Hall–Kier alpha value is -1.70. The summed E-state index contributed by atoms with van der Waals surface area (Å²) in [5, 5.41) is 13.0. The molecule has 9 heteroatoms. The van der Waals surface area contributed by atoms with Gasteiger partial charge in [0.15, 0.2) is 5.65 Å². The number of nitrogens with one attached hydrogen (secondary N) is 1. The van der Waals surface area contributed by atoms with Crippen molar-refractivity contribution >= 4 is 51.2 Å². The standard InChI is InChI=1S/C15H15Cl2N5OS/c1-7(2)4-11-20-21-15(24-11)19-14(23)12-8(3)18-13-10(17)5-9(16)6-22(12)13/h5-7H,4H2,1-3H3,(H,19,21,23). The second kappa shape index (κ2) is 6.66. The second-order valence-electron chi connectivity index (χ2n) is 5.80. The van der Waals surface area contributed by atoms with Crippen molar-refractivity contribution in [2.45, 2.75) is 27.2 Å². The van der Waals surface area contributed by atoms with Gasteiger partial charge in [0.05, 0.1) is 15.7 Å². The predicted molar refractivity (Wildman–Crippen MR) is 96.4 cm³/mol. The minimum absolute atomic E-state index is 0.328. The van der Waals surface area contributed by atoms with Gasteiger partial charge in [-0.1, -0.05) is 48.4 Å². The first kappa shape index (κ1) is 17.1. The summed E-state index contributed by atoms with van der Waals surface area (Å²) >= 11 is 13.5. The molecule has 0 saturated carbocycles. The molecule has 0 radical (unpaired) electrons. The molecule has 3 rings (SSSR count). The number of carbonyl (C=O) groups excluding carboxylic acids is 1. The quantitative estimate of drug-likeness (QED) is 0.730. The van der Waals surface area contributed by atoms with E-state index in [1.807, 2.05) is 0 Å². The fraction of sp³-hybridized carbons (Fsp3) is 0.333. The summed E-state index contributed by atoms with van der Waals surface area (Å²) in [5.41, 5.74) is 1.42. The zero-order valence-corrected chi connectivity index (χ0v) is 15.6. The van der Waals surface area contributed by atoms with Gasteiger partial charge in [0, 0.05) is 12.6 Å². The van der Waals surface area contributed by atoms with E-state index < -0.39 is 0 Å². The van der Waals surface area contributed by atoms with Crippen LogP contribution in [0, 0.1) is 12.8 Å². The van der Waals surface area contributed by atoms with Crippen LogP contribution < -0.4 is 5.32 Å². The molecule has 0 aromatic carbocycles. The first-order valence-electron chi connectivity index (χ1n) is 7.32. The first-order chi connectivity index (χ1) is 11.3. The Morgan fingerprint density at radius 2 is 2.12 bits per heavy atom. The molecule has 0 fully saturated rings. The van der Waals surface area contributed by atoms with Gasteiger partial charge in [0.1, 0.15) is 10.7 Å². The van der Waals surface area contributed by atoms with Gasteiger partial charge >= 0.3 is 0 Å². The van der Waals surface area contributed by atoms with Crippen molar-refractivity contribution in [3.05, 3.63) is 38.7 Å². The van der Waals surface area contributed by atoms with Gasteiger partial charge in [-0.3, -0.25) is 14.5 Å². The van der Waals surface area contributed by atoms with Crippen molar-refractivity contribution in [3.8, 4) is 0 Å². The minimum atomic E-state index is -0.328. The van der Waals surface area contributed by atoms with E-state index in [0.29, 0.717) is 38.1 Å². The number of fused-ring (bicyclic) bond motifs is 1. The number of hydrogen-bond donors (Lipinski definition) is 1. The number of aryl methyl sites for hydroxylation is 1. The number of carbonyl (C=O) groups is 1. The van der Waals surface area contributed by atoms with Crippen LogP contribution in [0.15, 0.2) is 12.3 Å². The molecule has 1 N–H and O–H groups in total. The molecule has 3 aromatic rings. The van der Waals surface area contributed by atoms with Crippen molar-refractivity contribution in [2.75, 3.05) is 5.32 Å². The molecule has 0 aliphatic rings.